The largest absolute Gasteiger partial charge is 0.322 e. The van der Waals surface area contributed by atoms with E-state index in [4.69, 9.17) is 6.42 Å². The minimum Gasteiger partial charge on any atom is -0.322 e. The van der Waals surface area contributed by atoms with Crippen LogP contribution < -0.4 is 5.32 Å². The standard InChI is InChI=1S/C22H24N2O3S/c1-4-18-9-7-10-19(14-18)23-22(25)21-15-20(12-11-16(21)2)28(26,27)24-13-6-5-8-17(24)3/h1,7,9-12,14-15,17H,5-6,8,13H2,2-3H3,(H,23,25). The van der Waals surface area contributed by atoms with Crippen molar-refractivity contribution in [2.45, 2.75) is 44.0 Å². The average Bonchev–Trinajstić information content (AvgIpc) is 2.68. The zero-order chi connectivity index (χ0) is 20.3. The summed E-state index contributed by atoms with van der Waals surface area (Å²) in [6, 6.07) is 11.6. The Kier molecular flexibility index (Phi) is 5.87. The number of anilines is 1. The van der Waals surface area contributed by atoms with Gasteiger partial charge in [0.15, 0.2) is 0 Å². The zero-order valence-corrected chi connectivity index (χ0v) is 16.9. The number of aryl methyl sites for hydroxylation is 1. The molecule has 1 aliphatic rings. The summed E-state index contributed by atoms with van der Waals surface area (Å²) in [7, 11) is -3.64. The van der Waals surface area contributed by atoms with Crippen molar-refractivity contribution in [1.82, 2.24) is 4.31 Å². The van der Waals surface area contributed by atoms with Gasteiger partial charge in [-0.2, -0.15) is 4.31 Å². The van der Waals surface area contributed by atoms with Crippen LogP contribution in [0.25, 0.3) is 0 Å². The summed E-state index contributed by atoms with van der Waals surface area (Å²) < 4.78 is 27.7. The molecule has 1 atom stereocenters. The molecule has 1 amide bonds. The molecular weight excluding hydrogens is 372 g/mol. The van der Waals surface area contributed by atoms with Crippen molar-refractivity contribution in [3.63, 3.8) is 0 Å². The second-order valence-corrected chi connectivity index (χ2v) is 9.01. The fraction of sp³-hybridized carbons (Fsp3) is 0.318. The first kappa shape index (κ1) is 20.1. The van der Waals surface area contributed by atoms with Gasteiger partial charge in [0.1, 0.15) is 0 Å². The van der Waals surface area contributed by atoms with Gasteiger partial charge in [-0.05, 0) is 62.6 Å². The number of hydrogen-bond acceptors (Lipinski definition) is 3. The Morgan fingerprint density at radius 2 is 2.00 bits per heavy atom. The van der Waals surface area contributed by atoms with Gasteiger partial charge in [0, 0.05) is 29.4 Å². The number of carbonyl (C=O) groups excluding carboxylic acids is 1. The van der Waals surface area contributed by atoms with E-state index >= 15 is 0 Å². The van der Waals surface area contributed by atoms with Crippen molar-refractivity contribution < 1.29 is 13.2 Å². The molecule has 0 aliphatic carbocycles. The van der Waals surface area contributed by atoms with Crippen molar-refractivity contribution in [2.24, 2.45) is 0 Å². The molecule has 0 spiro atoms. The highest BCUT2D eigenvalue weighted by molar-refractivity contribution is 7.89. The van der Waals surface area contributed by atoms with E-state index in [1.54, 1.807) is 47.6 Å². The number of hydrogen-bond donors (Lipinski definition) is 1. The van der Waals surface area contributed by atoms with Crippen LogP contribution in [0.2, 0.25) is 0 Å². The summed E-state index contributed by atoms with van der Waals surface area (Å²) >= 11 is 0. The lowest BCUT2D eigenvalue weighted by Crippen LogP contribution is -2.42. The molecule has 1 unspecified atom stereocenters. The number of sulfonamides is 1. The van der Waals surface area contributed by atoms with E-state index in [-0.39, 0.29) is 16.8 Å². The Labute approximate surface area is 166 Å². The highest BCUT2D eigenvalue weighted by Gasteiger charge is 2.31. The van der Waals surface area contributed by atoms with E-state index in [0.29, 0.717) is 28.9 Å². The van der Waals surface area contributed by atoms with Gasteiger partial charge in [0.25, 0.3) is 5.91 Å². The van der Waals surface area contributed by atoms with E-state index in [0.717, 1.165) is 19.3 Å². The van der Waals surface area contributed by atoms with Crippen molar-refractivity contribution >= 4 is 21.6 Å². The number of rotatable bonds is 4. The molecular formula is C22H24N2O3S. The summed E-state index contributed by atoms with van der Waals surface area (Å²) in [4.78, 5) is 12.9. The number of benzene rings is 2. The first-order valence-electron chi connectivity index (χ1n) is 9.33. The van der Waals surface area contributed by atoms with Crippen LogP contribution >= 0.6 is 0 Å². The highest BCUT2D eigenvalue weighted by atomic mass is 32.2. The van der Waals surface area contributed by atoms with E-state index in [2.05, 4.69) is 11.2 Å². The fourth-order valence-electron chi connectivity index (χ4n) is 3.46. The minimum atomic E-state index is -3.64. The maximum Gasteiger partial charge on any atom is 0.255 e. The van der Waals surface area contributed by atoms with Gasteiger partial charge >= 0.3 is 0 Å². The second kappa shape index (κ2) is 8.17. The predicted molar refractivity (Wildman–Crippen MR) is 111 cm³/mol. The normalized spacial score (nSPS) is 17.7. The molecule has 2 aromatic rings. The number of nitrogens with one attached hydrogen (secondary N) is 1. The number of carbonyl (C=O) groups is 1. The molecule has 0 radical (unpaired) electrons. The third kappa shape index (κ3) is 4.11. The summed E-state index contributed by atoms with van der Waals surface area (Å²) in [6.45, 7) is 4.22. The lowest BCUT2D eigenvalue weighted by Gasteiger charge is -2.32. The zero-order valence-electron chi connectivity index (χ0n) is 16.1. The van der Waals surface area contributed by atoms with E-state index in [9.17, 15) is 13.2 Å². The lowest BCUT2D eigenvalue weighted by atomic mass is 10.1. The molecule has 0 bridgehead atoms. The van der Waals surface area contributed by atoms with Crippen molar-refractivity contribution in [3.05, 3.63) is 59.2 Å². The molecule has 5 nitrogen and oxygen atoms in total. The van der Waals surface area contributed by atoms with Gasteiger partial charge < -0.3 is 5.32 Å². The van der Waals surface area contributed by atoms with Crippen LogP contribution in [0, 0.1) is 19.3 Å². The van der Waals surface area contributed by atoms with Gasteiger partial charge in [0.05, 0.1) is 4.90 Å². The van der Waals surface area contributed by atoms with Crippen LogP contribution in [0.5, 0.6) is 0 Å². The topological polar surface area (TPSA) is 66.5 Å². The predicted octanol–water partition coefficient (Wildman–Crippen LogP) is 3.79. The number of terminal acetylenes is 1. The molecule has 1 saturated heterocycles. The molecule has 0 aromatic heterocycles. The first-order chi connectivity index (χ1) is 13.3. The lowest BCUT2D eigenvalue weighted by molar-refractivity contribution is 0.102. The first-order valence-corrected chi connectivity index (χ1v) is 10.8. The summed E-state index contributed by atoms with van der Waals surface area (Å²) in [5.74, 6) is 2.16. The van der Waals surface area contributed by atoms with Gasteiger partial charge in [-0.25, -0.2) is 8.42 Å². The molecule has 0 saturated carbocycles. The van der Waals surface area contributed by atoms with E-state index < -0.39 is 10.0 Å². The average molecular weight is 397 g/mol. The number of nitrogens with zero attached hydrogens (tertiary/aromatic N) is 1. The molecule has 1 fully saturated rings. The van der Waals surface area contributed by atoms with Crippen molar-refractivity contribution in [1.29, 1.82) is 0 Å². The Balaban J connectivity index is 1.90. The third-order valence-corrected chi connectivity index (χ3v) is 7.10. The van der Waals surface area contributed by atoms with Crippen LogP contribution in [-0.4, -0.2) is 31.2 Å². The van der Waals surface area contributed by atoms with Crippen LogP contribution in [0.3, 0.4) is 0 Å². The smallest absolute Gasteiger partial charge is 0.255 e. The Hall–Kier alpha value is -2.62. The van der Waals surface area contributed by atoms with Crippen LogP contribution in [0.4, 0.5) is 5.69 Å². The van der Waals surface area contributed by atoms with Crippen molar-refractivity contribution in [2.75, 3.05) is 11.9 Å². The van der Waals surface area contributed by atoms with Gasteiger partial charge in [0.2, 0.25) is 10.0 Å². The monoisotopic (exact) mass is 396 g/mol. The number of piperidine rings is 1. The third-order valence-electron chi connectivity index (χ3n) is 5.09. The Morgan fingerprint density at radius 1 is 1.21 bits per heavy atom. The fourth-order valence-corrected chi connectivity index (χ4v) is 5.18. The molecule has 146 valence electrons. The van der Waals surface area contributed by atoms with Gasteiger partial charge in [-0.3, -0.25) is 4.79 Å². The van der Waals surface area contributed by atoms with E-state index in [1.165, 1.54) is 6.07 Å². The van der Waals surface area contributed by atoms with Crippen LogP contribution in [0.15, 0.2) is 47.4 Å². The number of amides is 1. The van der Waals surface area contributed by atoms with Gasteiger partial charge in [-0.15, -0.1) is 6.42 Å². The minimum absolute atomic E-state index is 0.0381. The molecule has 1 heterocycles. The SMILES string of the molecule is C#Cc1cccc(NC(=O)c2cc(S(=O)(=O)N3CCCCC3C)ccc2C)c1. The molecule has 3 rings (SSSR count). The van der Waals surface area contributed by atoms with Gasteiger partial charge in [-0.1, -0.05) is 24.5 Å². The second-order valence-electron chi connectivity index (χ2n) is 7.12. The Bertz CT molecular complexity index is 1040. The maximum absolute atomic E-state index is 13.1. The van der Waals surface area contributed by atoms with Crippen molar-refractivity contribution in [3.8, 4) is 12.3 Å². The maximum atomic E-state index is 13.1. The van der Waals surface area contributed by atoms with Crippen LogP contribution in [-0.2, 0) is 10.0 Å². The molecule has 1 N–H and O–H groups in total. The summed E-state index contributed by atoms with van der Waals surface area (Å²) in [6.07, 6.45) is 8.14. The highest BCUT2D eigenvalue weighted by Crippen LogP contribution is 2.26. The summed E-state index contributed by atoms with van der Waals surface area (Å²) in [5.41, 5.74) is 2.26. The Morgan fingerprint density at radius 3 is 2.71 bits per heavy atom. The molecule has 6 heteroatoms. The molecule has 28 heavy (non-hydrogen) atoms. The molecule has 1 aliphatic heterocycles. The summed E-state index contributed by atoms with van der Waals surface area (Å²) in [5, 5.41) is 2.80. The quantitative estimate of drug-likeness (QED) is 0.800. The van der Waals surface area contributed by atoms with E-state index in [1.807, 2.05) is 6.92 Å². The molecule has 2 aromatic carbocycles. The van der Waals surface area contributed by atoms with Crippen LogP contribution in [0.1, 0.15) is 47.7 Å².